The van der Waals surface area contributed by atoms with Gasteiger partial charge in [-0.05, 0) is 64.9 Å². The Morgan fingerprint density at radius 1 is 1.15 bits per heavy atom. The summed E-state index contributed by atoms with van der Waals surface area (Å²) in [6, 6.07) is -1.36. The predicted octanol–water partition coefficient (Wildman–Crippen LogP) is 2.44. The van der Waals surface area contributed by atoms with E-state index >= 15 is 4.39 Å². The average Bonchev–Trinajstić information content (AvgIpc) is 3.42. The third-order valence-electron chi connectivity index (χ3n) is 11.0. The summed E-state index contributed by atoms with van der Waals surface area (Å²) in [4.78, 5) is 65.1. The van der Waals surface area contributed by atoms with Crippen LogP contribution >= 0.6 is 0 Å². The van der Waals surface area contributed by atoms with E-state index in [2.05, 4.69) is 4.84 Å². The van der Waals surface area contributed by atoms with Gasteiger partial charge in [0.05, 0.1) is 25.4 Å². The molecular formula is C32H43FN2O13. The van der Waals surface area contributed by atoms with Crippen molar-refractivity contribution < 1.29 is 62.3 Å². The van der Waals surface area contributed by atoms with Crippen LogP contribution in [0.25, 0.3) is 0 Å². The van der Waals surface area contributed by atoms with Crippen molar-refractivity contribution in [2.24, 2.45) is 28.4 Å². The second-order valence-electron chi connectivity index (χ2n) is 14.2. The van der Waals surface area contributed by atoms with Gasteiger partial charge >= 0.3 is 12.1 Å². The number of carbonyl (C=O) groups excluding carboxylic acids is 4. The summed E-state index contributed by atoms with van der Waals surface area (Å²) in [5.41, 5.74) is 0.191. The molecule has 3 fully saturated rings. The number of alkyl halides is 1. The van der Waals surface area contributed by atoms with Gasteiger partial charge in [-0.15, -0.1) is 10.1 Å². The van der Waals surface area contributed by atoms with Crippen LogP contribution in [0, 0.1) is 32.8 Å². The lowest BCUT2D eigenvalue weighted by atomic mass is 9.45. The predicted molar refractivity (Wildman–Crippen MR) is 160 cm³/mol. The molecule has 0 amide bonds. The largest absolute Gasteiger partial charge is 0.508 e. The van der Waals surface area contributed by atoms with Crippen LogP contribution in [-0.4, -0.2) is 95.6 Å². The topological polar surface area (TPSA) is 213 Å². The molecule has 4 aliphatic carbocycles. The molecule has 1 saturated heterocycles. The molecular weight excluding hydrogens is 639 g/mol. The summed E-state index contributed by atoms with van der Waals surface area (Å²) >= 11 is 0. The number of fused-ring (bicyclic) bond motifs is 7. The second-order valence-corrected chi connectivity index (χ2v) is 14.2. The molecule has 1 unspecified atom stereocenters. The van der Waals surface area contributed by atoms with E-state index in [1.807, 2.05) is 6.08 Å². The monoisotopic (exact) mass is 682 g/mol. The molecule has 5 aliphatic rings. The van der Waals surface area contributed by atoms with E-state index in [1.165, 1.54) is 6.08 Å². The molecule has 0 radical (unpaired) electrons. The molecule has 0 aromatic carbocycles. The average molecular weight is 683 g/mol. The number of rotatable bonds is 12. The Morgan fingerprint density at radius 2 is 1.85 bits per heavy atom. The highest BCUT2D eigenvalue weighted by molar-refractivity contribution is 5.94. The molecule has 5 rings (SSSR count). The highest BCUT2D eigenvalue weighted by Gasteiger charge is 2.80. The third kappa shape index (κ3) is 5.79. The molecule has 9 atom stereocenters. The van der Waals surface area contributed by atoms with Crippen LogP contribution in [0.4, 0.5) is 9.18 Å². The first-order chi connectivity index (χ1) is 22.4. The van der Waals surface area contributed by atoms with E-state index in [9.17, 15) is 34.4 Å². The maximum atomic E-state index is 17.5. The smallest absolute Gasteiger partial charge is 0.464 e. The number of nitrogens with two attached hydrogens (primary N) is 1. The van der Waals surface area contributed by atoms with Gasteiger partial charge in [0.1, 0.15) is 12.6 Å². The van der Waals surface area contributed by atoms with E-state index in [4.69, 9.17) is 29.4 Å². The van der Waals surface area contributed by atoms with Crippen molar-refractivity contribution in [2.75, 3.05) is 26.4 Å². The lowest BCUT2D eigenvalue weighted by Crippen LogP contribution is -2.69. The molecule has 266 valence electrons. The van der Waals surface area contributed by atoms with Crippen LogP contribution in [0.5, 0.6) is 0 Å². The fraction of sp³-hybridized carbons (Fsp3) is 0.750. The quantitative estimate of drug-likeness (QED) is 0.0995. The van der Waals surface area contributed by atoms with Gasteiger partial charge in [-0.1, -0.05) is 24.6 Å². The number of hydrogen-bond donors (Lipinski definition) is 2. The molecule has 15 nitrogen and oxygen atoms in total. The van der Waals surface area contributed by atoms with Gasteiger partial charge in [0.2, 0.25) is 5.78 Å². The van der Waals surface area contributed by atoms with Crippen molar-refractivity contribution in [3.63, 3.8) is 0 Å². The van der Waals surface area contributed by atoms with Crippen molar-refractivity contribution in [3.05, 3.63) is 33.9 Å². The Labute approximate surface area is 276 Å². The SMILES string of the molecule is CC1(C)O[C@@H]2C[C@H]3[C@@H]4CC=C5CC(=O)C=C[C@]5(C)[C@@]4(F)[C@@H](O)C[C@]3(C)[C@]2(C(=O)COC(=O)OCC(N)C(=O)OCCCCO[N+](=O)[O-])O1. The Kier molecular flexibility index (Phi) is 9.53. The van der Waals surface area contributed by atoms with Crippen LogP contribution in [-0.2, 0) is 42.9 Å². The van der Waals surface area contributed by atoms with Crippen LogP contribution in [0.1, 0.15) is 66.2 Å². The van der Waals surface area contributed by atoms with E-state index < -0.39 is 94.2 Å². The number of allylic oxidation sites excluding steroid dienone is 4. The van der Waals surface area contributed by atoms with Crippen molar-refractivity contribution in [1.82, 2.24) is 0 Å². The first kappa shape index (κ1) is 35.8. The van der Waals surface area contributed by atoms with Crippen molar-refractivity contribution >= 4 is 23.7 Å². The van der Waals surface area contributed by atoms with E-state index in [1.54, 1.807) is 33.8 Å². The Bertz CT molecular complexity index is 1420. The van der Waals surface area contributed by atoms with E-state index in [0.717, 1.165) is 0 Å². The summed E-state index contributed by atoms with van der Waals surface area (Å²) in [5, 5.41) is 20.9. The Hall–Kier alpha value is -3.47. The van der Waals surface area contributed by atoms with Crippen molar-refractivity contribution in [2.45, 2.75) is 102 Å². The van der Waals surface area contributed by atoms with Gasteiger partial charge in [-0.25, -0.2) is 9.18 Å². The first-order valence-electron chi connectivity index (χ1n) is 16.1. The Balaban J connectivity index is 1.24. The number of nitrogens with zero attached hydrogens (tertiary/aromatic N) is 1. The summed E-state index contributed by atoms with van der Waals surface area (Å²) in [5.74, 6) is -4.08. The number of aliphatic hydroxyl groups is 1. The number of carbonyl (C=O) groups is 4. The normalized spacial score (nSPS) is 38.0. The highest BCUT2D eigenvalue weighted by Crippen LogP contribution is 2.71. The van der Waals surface area contributed by atoms with Crippen molar-refractivity contribution in [1.29, 1.82) is 0 Å². The Morgan fingerprint density at radius 3 is 2.56 bits per heavy atom. The lowest BCUT2D eigenvalue weighted by Gasteiger charge is -2.62. The molecule has 1 aliphatic heterocycles. The first-order valence-corrected chi connectivity index (χ1v) is 16.1. The zero-order chi connectivity index (χ0) is 35.3. The number of halogens is 1. The van der Waals surface area contributed by atoms with E-state index in [0.29, 0.717) is 5.57 Å². The standard InChI is InChI=1S/C32H43FN2O13/c1-28(2)47-25-14-21-20-8-7-18-13-19(36)9-10-29(18,3)31(20,33)23(37)15-30(21,4)32(25,48-28)24(38)17-45-27(40)44-16-22(34)26(39)43-11-5-6-12-46-35(41)42/h7,9-10,20-23,25,37H,5-6,8,11-17,34H2,1-4H3/t20-,21-,22?,23-,25+,29-,30-,31-,32+/m0/s1. The van der Waals surface area contributed by atoms with Gasteiger partial charge in [0.25, 0.3) is 5.09 Å². The number of Topliss-reactive ketones (excluding diaryl/α,β-unsaturated/α-hetero) is 1. The summed E-state index contributed by atoms with van der Waals surface area (Å²) < 4.78 is 45.2. The highest BCUT2D eigenvalue weighted by atomic mass is 19.1. The molecule has 1 heterocycles. The zero-order valence-corrected chi connectivity index (χ0v) is 27.4. The van der Waals surface area contributed by atoms with Crippen LogP contribution in [0.3, 0.4) is 0 Å². The number of ketones is 2. The number of esters is 1. The minimum Gasteiger partial charge on any atom is -0.464 e. The molecule has 0 spiro atoms. The number of aliphatic hydroxyl groups excluding tert-OH is 1. The summed E-state index contributed by atoms with van der Waals surface area (Å²) in [7, 11) is 0. The van der Waals surface area contributed by atoms with E-state index in [-0.39, 0.29) is 57.5 Å². The molecule has 0 aromatic heterocycles. The molecule has 0 aromatic rings. The molecule has 3 N–H and O–H groups in total. The zero-order valence-electron chi connectivity index (χ0n) is 27.4. The molecule has 48 heavy (non-hydrogen) atoms. The van der Waals surface area contributed by atoms with Gasteiger partial charge in [-0.2, -0.15) is 0 Å². The summed E-state index contributed by atoms with van der Waals surface area (Å²) in [6.45, 7) is 5.13. The van der Waals surface area contributed by atoms with Gasteiger partial charge < -0.3 is 39.4 Å². The van der Waals surface area contributed by atoms with Crippen LogP contribution in [0.15, 0.2) is 23.8 Å². The number of hydrogen-bond acceptors (Lipinski definition) is 14. The van der Waals surface area contributed by atoms with Crippen LogP contribution in [0.2, 0.25) is 0 Å². The lowest BCUT2D eigenvalue weighted by molar-refractivity contribution is -0.757. The maximum Gasteiger partial charge on any atom is 0.508 e. The maximum absolute atomic E-state index is 17.5. The minimum atomic E-state index is -2.12. The van der Waals surface area contributed by atoms with Crippen LogP contribution < -0.4 is 5.73 Å². The fourth-order valence-electron chi connectivity index (χ4n) is 8.84. The van der Waals surface area contributed by atoms with Gasteiger partial charge in [0, 0.05) is 23.2 Å². The molecule has 0 bridgehead atoms. The fourth-order valence-corrected chi connectivity index (χ4v) is 8.84. The summed E-state index contributed by atoms with van der Waals surface area (Å²) in [6.07, 6.45) is 2.14. The third-order valence-corrected chi connectivity index (χ3v) is 11.0. The van der Waals surface area contributed by atoms with Gasteiger partial charge in [-0.3, -0.25) is 14.4 Å². The number of unbranched alkanes of at least 4 members (excludes halogenated alkanes) is 1. The van der Waals surface area contributed by atoms with Crippen molar-refractivity contribution in [3.8, 4) is 0 Å². The molecule has 2 saturated carbocycles. The van der Waals surface area contributed by atoms with Gasteiger partial charge in [0.15, 0.2) is 29.4 Å². The minimum absolute atomic E-state index is 0.0780. The number of ether oxygens (including phenoxy) is 5. The second kappa shape index (κ2) is 12.8. The molecule has 16 heteroatoms.